The number of halogens is 4. The summed E-state index contributed by atoms with van der Waals surface area (Å²) in [6.07, 6.45) is -4.56. The largest absolute Gasteiger partial charge is 0.478 e. The van der Waals surface area contributed by atoms with Crippen LogP contribution < -0.4 is 10.6 Å². The molecule has 1 aromatic heterocycles. The molecule has 0 bridgehead atoms. The van der Waals surface area contributed by atoms with Gasteiger partial charge >= 0.3 is 12.1 Å². The Kier molecular flexibility index (Phi) is 6.45. The van der Waals surface area contributed by atoms with Gasteiger partial charge in [-0.05, 0) is 61.0 Å². The predicted octanol–water partition coefficient (Wildman–Crippen LogP) is 6.27. The van der Waals surface area contributed by atoms with E-state index in [0.717, 1.165) is 12.1 Å². The van der Waals surface area contributed by atoms with Gasteiger partial charge in [0.05, 0.1) is 28.4 Å². The minimum Gasteiger partial charge on any atom is -0.478 e. The highest BCUT2D eigenvalue weighted by Gasteiger charge is 2.31. The summed E-state index contributed by atoms with van der Waals surface area (Å²) in [6, 6.07) is 13.9. The smallest absolute Gasteiger partial charge is 0.416 e. The summed E-state index contributed by atoms with van der Waals surface area (Å²) in [5, 5.41) is 15.1. The summed E-state index contributed by atoms with van der Waals surface area (Å²) >= 11 is 0. The first-order valence-electron chi connectivity index (χ1n) is 10.8. The number of aromatic nitrogens is 1. The van der Waals surface area contributed by atoms with Crippen LogP contribution in [0.2, 0.25) is 0 Å². The molecule has 186 valence electrons. The monoisotopic (exact) mass is 499 g/mol. The number of amides is 1. The van der Waals surface area contributed by atoms with E-state index in [1.54, 1.807) is 26.1 Å². The van der Waals surface area contributed by atoms with E-state index in [1.165, 1.54) is 47.0 Å². The molecule has 0 saturated carbocycles. The minimum absolute atomic E-state index is 0.0768. The Morgan fingerprint density at radius 2 is 1.69 bits per heavy atom. The number of carboxylic acid groups (broad SMARTS) is 1. The fraction of sp³-hybridized carbons (Fsp3) is 0.154. The Labute approximate surface area is 203 Å². The summed E-state index contributed by atoms with van der Waals surface area (Å²) in [4.78, 5) is 24.5. The molecule has 0 spiro atoms. The Morgan fingerprint density at radius 3 is 2.33 bits per heavy atom. The normalized spacial score (nSPS) is 12.4. The first kappa shape index (κ1) is 24.8. The third kappa shape index (κ3) is 4.88. The number of carbonyl (C=O) groups excluding carboxylic acids is 1. The van der Waals surface area contributed by atoms with Gasteiger partial charge in [0.15, 0.2) is 0 Å². The standard InChI is InChI=1S/C26H21F4N3O3/c1-14(15-6-8-16(9-7-15)25(35)36)31-24(34)23-22(20-13-18(27)10-11-21(20)33(23)2)32-19-5-3-4-17(12-19)26(28,29)30/h3-14,32H,1-2H3,(H,31,34)(H,35,36). The summed E-state index contributed by atoms with van der Waals surface area (Å²) in [5.41, 5.74) is 0.677. The molecule has 4 rings (SSSR count). The maximum atomic E-state index is 14.1. The van der Waals surface area contributed by atoms with Crippen LogP contribution in [0.15, 0.2) is 66.7 Å². The van der Waals surface area contributed by atoms with Crippen molar-refractivity contribution in [1.82, 2.24) is 9.88 Å². The molecule has 3 aromatic carbocycles. The van der Waals surface area contributed by atoms with Gasteiger partial charge in [-0.15, -0.1) is 0 Å². The molecule has 0 fully saturated rings. The highest BCUT2D eigenvalue weighted by atomic mass is 19.4. The lowest BCUT2D eigenvalue weighted by Crippen LogP contribution is -2.29. The molecule has 0 aliphatic heterocycles. The van der Waals surface area contributed by atoms with Crippen molar-refractivity contribution in [1.29, 1.82) is 0 Å². The van der Waals surface area contributed by atoms with Gasteiger partial charge in [0.2, 0.25) is 0 Å². The SMILES string of the molecule is CC(NC(=O)c1c(Nc2cccc(C(F)(F)F)c2)c2cc(F)ccc2n1C)c1ccc(C(=O)O)cc1. The first-order chi connectivity index (χ1) is 17.0. The second-order valence-corrected chi connectivity index (χ2v) is 8.27. The minimum atomic E-state index is -4.56. The predicted molar refractivity (Wildman–Crippen MR) is 127 cm³/mol. The van der Waals surface area contributed by atoms with Crippen molar-refractivity contribution in [2.45, 2.75) is 19.1 Å². The molecule has 1 heterocycles. The number of nitrogens with one attached hydrogen (secondary N) is 2. The highest BCUT2D eigenvalue weighted by molar-refractivity contribution is 6.09. The van der Waals surface area contributed by atoms with Gasteiger partial charge in [0, 0.05) is 18.1 Å². The van der Waals surface area contributed by atoms with E-state index in [0.29, 0.717) is 16.5 Å². The number of carboxylic acids is 1. The number of alkyl halides is 3. The van der Waals surface area contributed by atoms with Crippen molar-refractivity contribution in [3.05, 3.63) is 94.9 Å². The topological polar surface area (TPSA) is 83.4 Å². The molecular weight excluding hydrogens is 478 g/mol. The second-order valence-electron chi connectivity index (χ2n) is 8.27. The molecule has 6 nitrogen and oxygen atoms in total. The van der Waals surface area contributed by atoms with E-state index in [-0.39, 0.29) is 22.6 Å². The third-order valence-electron chi connectivity index (χ3n) is 5.84. The van der Waals surface area contributed by atoms with E-state index < -0.39 is 35.5 Å². The summed E-state index contributed by atoms with van der Waals surface area (Å²) < 4.78 is 55.3. The molecule has 0 radical (unpaired) electrons. The zero-order chi connectivity index (χ0) is 26.2. The molecular formula is C26H21F4N3O3. The molecule has 0 aliphatic carbocycles. The van der Waals surface area contributed by atoms with Crippen LogP contribution in [0.3, 0.4) is 0 Å². The first-order valence-corrected chi connectivity index (χ1v) is 10.8. The number of aromatic carboxylic acids is 1. The summed E-state index contributed by atoms with van der Waals surface area (Å²) in [7, 11) is 1.60. The molecule has 10 heteroatoms. The van der Waals surface area contributed by atoms with Crippen molar-refractivity contribution >= 4 is 34.2 Å². The molecule has 36 heavy (non-hydrogen) atoms. The number of rotatable bonds is 6. The number of hydrogen-bond donors (Lipinski definition) is 3. The average molecular weight is 499 g/mol. The molecule has 1 atom stereocenters. The number of anilines is 2. The van der Waals surface area contributed by atoms with Crippen LogP contribution in [0.25, 0.3) is 10.9 Å². The van der Waals surface area contributed by atoms with E-state index in [1.807, 2.05) is 0 Å². The maximum absolute atomic E-state index is 14.1. The van der Waals surface area contributed by atoms with Gasteiger partial charge in [-0.2, -0.15) is 13.2 Å². The number of benzene rings is 3. The lowest BCUT2D eigenvalue weighted by Gasteiger charge is -2.17. The molecule has 4 aromatic rings. The molecule has 3 N–H and O–H groups in total. The van der Waals surface area contributed by atoms with E-state index in [2.05, 4.69) is 10.6 Å². The van der Waals surface area contributed by atoms with Gasteiger partial charge in [-0.25, -0.2) is 9.18 Å². The van der Waals surface area contributed by atoms with Gasteiger partial charge in [0.25, 0.3) is 5.91 Å². The Bertz CT molecular complexity index is 1460. The lowest BCUT2D eigenvalue weighted by molar-refractivity contribution is -0.137. The fourth-order valence-corrected chi connectivity index (χ4v) is 3.99. The fourth-order valence-electron chi connectivity index (χ4n) is 3.99. The number of fused-ring (bicyclic) bond motifs is 1. The van der Waals surface area contributed by atoms with E-state index in [4.69, 9.17) is 5.11 Å². The van der Waals surface area contributed by atoms with Crippen LogP contribution in [0, 0.1) is 5.82 Å². The Hall–Kier alpha value is -4.34. The number of carbonyl (C=O) groups is 2. The highest BCUT2D eigenvalue weighted by Crippen LogP contribution is 2.36. The lowest BCUT2D eigenvalue weighted by atomic mass is 10.1. The van der Waals surface area contributed by atoms with Gasteiger partial charge in [-0.1, -0.05) is 18.2 Å². The Morgan fingerprint density at radius 1 is 1.00 bits per heavy atom. The second kappa shape index (κ2) is 9.37. The van der Waals surface area contributed by atoms with Crippen LogP contribution in [0.4, 0.5) is 28.9 Å². The van der Waals surface area contributed by atoms with E-state index in [9.17, 15) is 27.2 Å². The van der Waals surface area contributed by atoms with Crippen LogP contribution in [-0.2, 0) is 13.2 Å². The zero-order valence-corrected chi connectivity index (χ0v) is 19.2. The van der Waals surface area contributed by atoms with Crippen LogP contribution in [-0.4, -0.2) is 21.6 Å². The maximum Gasteiger partial charge on any atom is 0.416 e. The third-order valence-corrected chi connectivity index (χ3v) is 5.84. The van der Waals surface area contributed by atoms with E-state index >= 15 is 0 Å². The van der Waals surface area contributed by atoms with Crippen molar-refractivity contribution in [3.63, 3.8) is 0 Å². The van der Waals surface area contributed by atoms with Gasteiger partial charge in [0.1, 0.15) is 11.5 Å². The van der Waals surface area contributed by atoms with Gasteiger partial charge < -0.3 is 20.3 Å². The quantitative estimate of drug-likeness (QED) is 0.273. The van der Waals surface area contributed by atoms with Crippen molar-refractivity contribution in [3.8, 4) is 0 Å². The zero-order valence-electron chi connectivity index (χ0n) is 19.2. The summed E-state index contributed by atoms with van der Waals surface area (Å²) in [5.74, 6) is -2.20. The van der Waals surface area contributed by atoms with Gasteiger partial charge in [-0.3, -0.25) is 4.79 Å². The number of aryl methyl sites for hydroxylation is 1. The van der Waals surface area contributed by atoms with Crippen LogP contribution in [0.5, 0.6) is 0 Å². The van der Waals surface area contributed by atoms with Crippen molar-refractivity contribution in [2.24, 2.45) is 7.05 Å². The average Bonchev–Trinajstić information content (AvgIpc) is 3.09. The number of hydrogen-bond acceptors (Lipinski definition) is 3. The van der Waals surface area contributed by atoms with Crippen LogP contribution in [0.1, 0.15) is 44.9 Å². The summed E-state index contributed by atoms with van der Waals surface area (Å²) in [6.45, 7) is 1.70. The van der Waals surface area contributed by atoms with Crippen molar-refractivity contribution < 1.29 is 32.3 Å². The van der Waals surface area contributed by atoms with Crippen molar-refractivity contribution in [2.75, 3.05) is 5.32 Å². The Balaban J connectivity index is 1.73. The van der Waals surface area contributed by atoms with Crippen LogP contribution >= 0.6 is 0 Å². The molecule has 0 aliphatic rings. The molecule has 1 amide bonds. The number of nitrogens with zero attached hydrogens (tertiary/aromatic N) is 1. The molecule has 1 unspecified atom stereocenters. The molecule has 0 saturated heterocycles.